The highest BCUT2D eigenvalue weighted by Crippen LogP contribution is 2.38. The van der Waals surface area contributed by atoms with E-state index in [-0.39, 0.29) is 29.2 Å². The number of hydrogen-bond donors (Lipinski definition) is 2. The van der Waals surface area contributed by atoms with Gasteiger partial charge in [0.05, 0.1) is 23.8 Å². The van der Waals surface area contributed by atoms with Crippen molar-refractivity contribution in [2.75, 3.05) is 12.4 Å². The molecule has 0 fully saturated rings. The molecule has 2 aromatic carbocycles. The number of alkyl halides is 3. The standard InChI is InChI=1S/C22H21F3N2O3S/c1-3-30-20(28)18-17(12-31-14-10-8-13(2)9-11-14)26-21(29)27-19(18)15-6-4-5-7-16(15)22(23,24)25/h4-11,19H,3,12H2,1-2H3,(H2,26,27,29)/t19-/m1/s1. The van der Waals surface area contributed by atoms with Gasteiger partial charge in [0, 0.05) is 16.3 Å². The van der Waals surface area contributed by atoms with E-state index in [4.69, 9.17) is 4.74 Å². The van der Waals surface area contributed by atoms with E-state index in [2.05, 4.69) is 10.6 Å². The Labute approximate surface area is 182 Å². The van der Waals surface area contributed by atoms with Crippen LogP contribution in [0, 0.1) is 6.92 Å². The van der Waals surface area contributed by atoms with Gasteiger partial charge in [-0.05, 0) is 37.6 Å². The van der Waals surface area contributed by atoms with Crippen LogP contribution in [0.4, 0.5) is 18.0 Å². The fourth-order valence-corrected chi connectivity index (χ4v) is 4.08. The number of ether oxygens (including phenoxy) is 1. The summed E-state index contributed by atoms with van der Waals surface area (Å²) < 4.78 is 45.9. The lowest BCUT2D eigenvalue weighted by Crippen LogP contribution is -2.47. The van der Waals surface area contributed by atoms with E-state index in [9.17, 15) is 22.8 Å². The number of benzene rings is 2. The first-order chi connectivity index (χ1) is 14.7. The first-order valence-corrected chi connectivity index (χ1v) is 10.5. The summed E-state index contributed by atoms with van der Waals surface area (Å²) in [6.07, 6.45) is -4.65. The molecule has 0 unspecified atom stereocenters. The molecule has 0 saturated carbocycles. The number of hydrogen-bond acceptors (Lipinski definition) is 4. The van der Waals surface area contributed by atoms with Gasteiger partial charge in [0.2, 0.25) is 0 Å². The smallest absolute Gasteiger partial charge is 0.416 e. The first kappa shape index (κ1) is 22.7. The van der Waals surface area contributed by atoms with Gasteiger partial charge in [0.25, 0.3) is 0 Å². The summed E-state index contributed by atoms with van der Waals surface area (Å²) >= 11 is 1.35. The van der Waals surface area contributed by atoms with Crippen LogP contribution in [0.3, 0.4) is 0 Å². The summed E-state index contributed by atoms with van der Waals surface area (Å²) in [6, 6.07) is 10.5. The Morgan fingerprint density at radius 3 is 2.45 bits per heavy atom. The quantitative estimate of drug-likeness (QED) is 0.481. The molecule has 2 N–H and O–H groups in total. The van der Waals surface area contributed by atoms with Crippen LogP contribution < -0.4 is 10.6 Å². The Kier molecular flexibility index (Phi) is 6.94. The highest BCUT2D eigenvalue weighted by atomic mass is 32.2. The van der Waals surface area contributed by atoms with E-state index in [1.54, 1.807) is 6.92 Å². The lowest BCUT2D eigenvalue weighted by Gasteiger charge is -2.30. The second-order valence-corrected chi connectivity index (χ2v) is 7.88. The van der Waals surface area contributed by atoms with Gasteiger partial charge in [-0.15, -0.1) is 11.8 Å². The van der Waals surface area contributed by atoms with Crippen LogP contribution in [0.5, 0.6) is 0 Å². The minimum absolute atomic E-state index is 0.0437. The number of urea groups is 1. The Bertz CT molecular complexity index is 1000. The van der Waals surface area contributed by atoms with Gasteiger partial charge >= 0.3 is 18.2 Å². The highest BCUT2D eigenvalue weighted by Gasteiger charge is 2.40. The molecule has 5 nitrogen and oxygen atoms in total. The van der Waals surface area contributed by atoms with Crippen molar-refractivity contribution in [2.45, 2.75) is 31.0 Å². The van der Waals surface area contributed by atoms with E-state index in [0.717, 1.165) is 16.5 Å². The second kappa shape index (κ2) is 9.47. The van der Waals surface area contributed by atoms with Crippen molar-refractivity contribution in [1.82, 2.24) is 10.6 Å². The summed E-state index contributed by atoms with van der Waals surface area (Å²) in [5.41, 5.74) is 0.113. The van der Waals surface area contributed by atoms with Gasteiger partial charge in [0.15, 0.2) is 0 Å². The molecule has 0 bridgehead atoms. The number of carbonyl (C=O) groups is 2. The normalized spacial score (nSPS) is 16.5. The zero-order valence-corrected chi connectivity index (χ0v) is 17.7. The van der Waals surface area contributed by atoms with Crippen LogP contribution in [-0.4, -0.2) is 24.4 Å². The van der Waals surface area contributed by atoms with Crippen LogP contribution in [0.15, 0.2) is 64.7 Å². The topological polar surface area (TPSA) is 67.4 Å². The lowest BCUT2D eigenvalue weighted by atomic mass is 9.91. The van der Waals surface area contributed by atoms with E-state index in [1.165, 1.54) is 30.0 Å². The summed E-state index contributed by atoms with van der Waals surface area (Å²) in [7, 11) is 0. The molecule has 9 heteroatoms. The molecule has 0 aliphatic carbocycles. The zero-order valence-electron chi connectivity index (χ0n) is 16.9. The molecule has 0 spiro atoms. The van der Waals surface area contributed by atoms with Crippen LogP contribution in [-0.2, 0) is 15.7 Å². The molecule has 164 valence electrons. The van der Waals surface area contributed by atoms with E-state index in [0.29, 0.717) is 0 Å². The number of carbonyl (C=O) groups excluding carboxylic acids is 2. The molecule has 1 aliphatic rings. The second-order valence-electron chi connectivity index (χ2n) is 6.83. The molecule has 31 heavy (non-hydrogen) atoms. The number of esters is 1. The third-order valence-corrected chi connectivity index (χ3v) is 5.67. The van der Waals surface area contributed by atoms with Crippen LogP contribution in [0.2, 0.25) is 0 Å². The molecule has 1 atom stereocenters. The van der Waals surface area contributed by atoms with Crippen molar-refractivity contribution in [3.63, 3.8) is 0 Å². The molecule has 1 aliphatic heterocycles. The summed E-state index contributed by atoms with van der Waals surface area (Å²) in [5, 5.41) is 5.02. The molecule has 0 radical (unpaired) electrons. The van der Waals surface area contributed by atoms with E-state index in [1.807, 2.05) is 31.2 Å². The fourth-order valence-electron chi connectivity index (χ4n) is 3.21. The van der Waals surface area contributed by atoms with Gasteiger partial charge in [0.1, 0.15) is 0 Å². The molecular weight excluding hydrogens is 429 g/mol. The van der Waals surface area contributed by atoms with Crippen LogP contribution in [0.1, 0.15) is 29.7 Å². The third-order valence-electron chi connectivity index (χ3n) is 4.63. The number of rotatable bonds is 6. The SMILES string of the molecule is CCOC(=O)C1=C(CSc2ccc(C)cc2)NC(=O)N[C@@H]1c1ccccc1C(F)(F)F. The Balaban J connectivity index is 2.05. The summed E-state index contributed by atoms with van der Waals surface area (Å²) in [5.74, 6) is -0.605. The fraction of sp³-hybridized carbons (Fsp3) is 0.273. The number of amides is 2. The van der Waals surface area contributed by atoms with Crippen molar-refractivity contribution < 1.29 is 27.5 Å². The Morgan fingerprint density at radius 1 is 1.13 bits per heavy atom. The van der Waals surface area contributed by atoms with Crippen molar-refractivity contribution in [1.29, 1.82) is 0 Å². The first-order valence-electron chi connectivity index (χ1n) is 9.54. The average Bonchev–Trinajstić information content (AvgIpc) is 2.72. The van der Waals surface area contributed by atoms with Crippen LogP contribution in [0.25, 0.3) is 0 Å². The van der Waals surface area contributed by atoms with Gasteiger partial charge in [-0.2, -0.15) is 13.2 Å². The highest BCUT2D eigenvalue weighted by molar-refractivity contribution is 7.99. The average molecular weight is 450 g/mol. The van der Waals surface area contributed by atoms with Crippen molar-refractivity contribution in [3.8, 4) is 0 Å². The van der Waals surface area contributed by atoms with Crippen molar-refractivity contribution >= 4 is 23.8 Å². The van der Waals surface area contributed by atoms with Gasteiger partial charge < -0.3 is 15.4 Å². The van der Waals surface area contributed by atoms with Gasteiger partial charge in [-0.1, -0.05) is 35.9 Å². The predicted octanol–water partition coefficient (Wildman–Crippen LogP) is 4.98. The van der Waals surface area contributed by atoms with Crippen molar-refractivity contribution in [2.24, 2.45) is 0 Å². The zero-order chi connectivity index (χ0) is 22.6. The van der Waals surface area contributed by atoms with E-state index < -0.39 is 29.8 Å². The summed E-state index contributed by atoms with van der Waals surface area (Å²) in [4.78, 5) is 25.9. The number of nitrogens with one attached hydrogen (secondary N) is 2. The third kappa shape index (κ3) is 5.41. The Morgan fingerprint density at radius 2 is 1.81 bits per heavy atom. The molecule has 0 aromatic heterocycles. The van der Waals surface area contributed by atoms with Crippen molar-refractivity contribution in [3.05, 3.63) is 76.5 Å². The molecule has 3 rings (SSSR count). The predicted molar refractivity (Wildman–Crippen MR) is 111 cm³/mol. The van der Waals surface area contributed by atoms with E-state index >= 15 is 0 Å². The number of thioether (sulfide) groups is 1. The van der Waals surface area contributed by atoms with Gasteiger partial charge in [-0.25, -0.2) is 9.59 Å². The summed E-state index contributed by atoms with van der Waals surface area (Å²) in [6.45, 7) is 3.60. The Hall–Kier alpha value is -2.94. The van der Waals surface area contributed by atoms with Gasteiger partial charge in [-0.3, -0.25) is 0 Å². The maximum absolute atomic E-state index is 13.6. The number of aryl methyl sites for hydroxylation is 1. The largest absolute Gasteiger partial charge is 0.463 e. The number of halogens is 3. The minimum Gasteiger partial charge on any atom is -0.463 e. The molecular formula is C22H21F3N2O3S. The minimum atomic E-state index is -4.65. The molecule has 0 saturated heterocycles. The van der Waals surface area contributed by atoms with Crippen LogP contribution >= 0.6 is 11.8 Å². The maximum Gasteiger partial charge on any atom is 0.416 e. The maximum atomic E-state index is 13.6. The molecule has 2 amide bonds. The molecule has 1 heterocycles. The monoisotopic (exact) mass is 450 g/mol. The molecule has 2 aromatic rings. The lowest BCUT2D eigenvalue weighted by molar-refractivity contribution is -0.141.